The molecule has 3 rings (SSSR count). The molecule has 0 atom stereocenters. The number of carbonyl (C=O) groups excluding carboxylic acids is 3. The minimum atomic E-state index is -1.23. The zero-order chi connectivity index (χ0) is 25.2. The number of fused-ring (bicyclic) bond motifs is 3. The predicted molar refractivity (Wildman–Crippen MR) is 127 cm³/mol. The molecule has 0 aromatic heterocycles. The number of rotatable bonds is 11. The van der Waals surface area contributed by atoms with Crippen molar-refractivity contribution in [3.05, 3.63) is 72.3 Å². The van der Waals surface area contributed by atoms with Crippen LogP contribution in [0.3, 0.4) is 0 Å². The third kappa shape index (κ3) is 6.83. The summed E-state index contributed by atoms with van der Waals surface area (Å²) in [7, 11) is 0. The van der Waals surface area contributed by atoms with Crippen LogP contribution in [0.25, 0.3) is 11.1 Å². The number of nitrogens with one attached hydrogen (secondary N) is 2. The fraction of sp³-hybridized carbons (Fsp3) is 0.280. The Morgan fingerprint density at radius 3 is 2.14 bits per heavy atom. The van der Waals surface area contributed by atoms with Gasteiger partial charge in [0.25, 0.3) is 0 Å². The second kappa shape index (κ2) is 12.2. The van der Waals surface area contributed by atoms with Crippen molar-refractivity contribution in [3.8, 4) is 11.1 Å². The Hall–Kier alpha value is -4.34. The zero-order valence-electron chi connectivity index (χ0n) is 19.1. The average molecular weight is 482 g/mol. The van der Waals surface area contributed by atoms with Crippen LogP contribution in [0, 0.1) is 0 Å². The lowest BCUT2D eigenvalue weighted by Gasteiger charge is -2.21. The van der Waals surface area contributed by atoms with Crippen LogP contribution in [-0.2, 0) is 19.1 Å². The summed E-state index contributed by atoms with van der Waals surface area (Å²) in [6, 6.07) is 15.9. The molecule has 0 saturated carbocycles. The Bertz CT molecular complexity index is 1060. The molecule has 2 aromatic carbocycles. The van der Waals surface area contributed by atoms with Crippen molar-refractivity contribution in [3.63, 3.8) is 0 Å². The lowest BCUT2D eigenvalue weighted by Crippen LogP contribution is -2.45. The van der Waals surface area contributed by atoms with Crippen molar-refractivity contribution in [2.24, 2.45) is 0 Å². The number of nitrogens with zero attached hydrogens (tertiary/aromatic N) is 1. The SMILES string of the molecule is C=CCOC(=O)NCC(=O)N(CCNC(=O)OCC1c2ccccc2-c2ccccc21)CC(=O)O. The van der Waals surface area contributed by atoms with Gasteiger partial charge in [0.05, 0.1) is 0 Å². The maximum atomic E-state index is 12.3. The van der Waals surface area contributed by atoms with E-state index in [2.05, 4.69) is 17.2 Å². The van der Waals surface area contributed by atoms with Gasteiger partial charge in [0, 0.05) is 19.0 Å². The van der Waals surface area contributed by atoms with Crippen LogP contribution in [0.15, 0.2) is 61.2 Å². The molecule has 0 spiro atoms. The van der Waals surface area contributed by atoms with Crippen molar-refractivity contribution in [1.82, 2.24) is 15.5 Å². The third-order valence-corrected chi connectivity index (χ3v) is 5.39. The third-order valence-electron chi connectivity index (χ3n) is 5.39. The predicted octanol–water partition coefficient (Wildman–Crippen LogP) is 2.35. The van der Waals surface area contributed by atoms with Gasteiger partial charge in [-0.1, -0.05) is 61.2 Å². The van der Waals surface area contributed by atoms with Gasteiger partial charge in [-0.25, -0.2) is 9.59 Å². The number of carboxylic acids is 1. The van der Waals surface area contributed by atoms with E-state index in [-0.39, 0.29) is 32.2 Å². The second-order valence-electron chi connectivity index (χ2n) is 7.70. The number of carboxylic acid groups (broad SMARTS) is 1. The minimum Gasteiger partial charge on any atom is -0.480 e. The Kier molecular flexibility index (Phi) is 8.82. The van der Waals surface area contributed by atoms with Gasteiger partial charge in [0.2, 0.25) is 5.91 Å². The van der Waals surface area contributed by atoms with Crippen molar-refractivity contribution < 1.29 is 33.8 Å². The topological polar surface area (TPSA) is 134 Å². The zero-order valence-corrected chi connectivity index (χ0v) is 19.1. The van der Waals surface area contributed by atoms with Gasteiger partial charge in [0.15, 0.2) is 0 Å². The van der Waals surface area contributed by atoms with E-state index in [9.17, 15) is 19.2 Å². The first-order valence-corrected chi connectivity index (χ1v) is 11.0. The van der Waals surface area contributed by atoms with Gasteiger partial charge in [-0.3, -0.25) is 9.59 Å². The normalized spacial score (nSPS) is 11.5. The largest absolute Gasteiger partial charge is 0.480 e. The van der Waals surface area contributed by atoms with Crippen molar-refractivity contribution in [2.75, 3.05) is 39.4 Å². The number of carbonyl (C=O) groups is 4. The summed E-state index contributed by atoms with van der Waals surface area (Å²) in [5.74, 6) is -1.96. The molecule has 10 nitrogen and oxygen atoms in total. The highest BCUT2D eigenvalue weighted by Gasteiger charge is 2.29. The summed E-state index contributed by atoms with van der Waals surface area (Å²) >= 11 is 0. The Morgan fingerprint density at radius 1 is 0.943 bits per heavy atom. The molecule has 0 aliphatic heterocycles. The molecule has 10 heteroatoms. The van der Waals surface area contributed by atoms with E-state index in [1.807, 2.05) is 48.5 Å². The quantitative estimate of drug-likeness (QED) is 0.420. The fourth-order valence-electron chi connectivity index (χ4n) is 3.84. The molecule has 1 aliphatic rings. The highest BCUT2D eigenvalue weighted by molar-refractivity contribution is 5.85. The Balaban J connectivity index is 1.48. The van der Waals surface area contributed by atoms with Gasteiger partial charge in [-0.15, -0.1) is 0 Å². The van der Waals surface area contributed by atoms with Gasteiger partial charge in [0.1, 0.15) is 26.3 Å². The van der Waals surface area contributed by atoms with Gasteiger partial charge in [-0.2, -0.15) is 0 Å². The molecular formula is C25H27N3O7. The smallest absolute Gasteiger partial charge is 0.407 e. The fourth-order valence-corrected chi connectivity index (χ4v) is 3.84. The molecule has 0 radical (unpaired) electrons. The summed E-state index contributed by atoms with van der Waals surface area (Å²) in [5, 5.41) is 13.8. The van der Waals surface area contributed by atoms with E-state index in [0.29, 0.717) is 0 Å². The summed E-state index contributed by atoms with van der Waals surface area (Å²) < 4.78 is 10.1. The lowest BCUT2D eigenvalue weighted by atomic mass is 9.98. The first-order chi connectivity index (χ1) is 16.9. The van der Waals surface area contributed by atoms with Gasteiger partial charge in [-0.05, 0) is 22.3 Å². The molecule has 35 heavy (non-hydrogen) atoms. The molecular weight excluding hydrogens is 454 g/mol. The van der Waals surface area contributed by atoms with E-state index >= 15 is 0 Å². The maximum Gasteiger partial charge on any atom is 0.407 e. The number of amides is 3. The molecule has 0 bridgehead atoms. The van der Waals surface area contributed by atoms with Crippen molar-refractivity contribution in [2.45, 2.75) is 5.92 Å². The molecule has 3 amide bonds. The van der Waals surface area contributed by atoms with E-state index in [0.717, 1.165) is 27.2 Å². The molecule has 184 valence electrons. The van der Waals surface area contributed by atoms with Crippen LogP contribution < -0.4 is 10.6 Å². The number of aliphatic carboxylic acids is 1. The summed E-state index contributed by atoms with van der Waals surface area (Å²) in [6.45, 7) is 2.36. The van der Waals surface area contributed by atoms with Gasteiger partial charge < -0.3 is 30.1 Å². The molecule has 0 fully saturated rings. The molecule has 2 aromatic rings. The Morgan fingerprint density at radius 2 is 1.54 bits per heavy atom. The standard InChI is InChI=1S/C25H27N3O7/c1-2-13-34-25(33)27-14-22(29)28(15-23(30)31)12-11-26-24(32)35-16-21-19-9-5-3-7-17(19)18-8-4-6-10-20(18)21/h2-10,21H,1,11-16H2,(H,26,32)(H,27,33)(H,30,31). The molecule has 1 aliphatic carbocycles. The molecule has 0 saturated heterocycles. The summed E-state index contributed by atoms with van der Waals surface area (Å²) in [6.07, 6.45) is -0.140. The number of ether oxygens (including phenoxy) is 2. The van der Waals surface area contributed by atoms with E-state index in [4.69, 9.17) is 14.6 Å². The monoisotopic (exact) mass is 481 g/mol. The molecule has 0 unspecified atom stereocenters. The number of benzene rings is 2. The Labute approximate surface area is 202 Å². The first kappa shape index (κ1) is 25.3. The van der Waals surface area contributed by atoms with Crippen LogP contribution in [0.4, 0.5) is 9.59 Å². The van der Waals surface area contributed by atoms with Gasteiger partial charge >= 0.3 is 18.2 Å². The highest BCUT2D eigenvalue weighted by Crippen LogP contribution is 2.44. The second-order valence-corrected chi connectivity index (χ2v) is 7.70. The minimum absolute atomic E-state index is 0.0249. The maximum absolute atomic E-state index is 12.3. The number of hydrogen-bond acceptors (Lipinski definition) is 6. The molecule has 3 N–H and O–H groups in total. The van der Waals surface area contributed by atoms with E-state index in [1.165, 1.54) is 6.08 Å². The lowest BCUT2D eigenvalue weighted by molar-refractivity contribution is -0.144. The van der Waals surface area contributed by atoms with Crippen molar-refractivity contribution in [1.29, 1.82) is 0 Å². The first-order valence-electron chi connectivity index (χ1n) is 11.0. The number of hydrogen-bond donors (Lipinski definition) is 3. The van der Waals surface area contributed by atoms with Crippen LogP contribution in [0.1, 0.15) is 17.0 Å². The highest BCUT2D eigenvalue weighted by atomic mass is 16.6. The average Bonchev–Trinajstić information content (AvgIpc) is 3.17. The van der Waals surface area contributed by atoms with Crippen LogP contribution >= 0.6 is 0 Å². The summed E-state index contributed by atoms with van der Waals surface area (Å²) in [4.78, 5) is 48.1. The molecule has 0 heterocycles. The van der Waals surface area contributed by atoms with Crippen LogP contribution in [0.2, 0.25) is 0 Å². The summed E-state index contributed by atoms with van der Waals surface area (Å²) in [5.41, 5.74) is 4.39. The van der Waals surface area contributed by atoms with Crippen LogP contribution in [-0.4, -0.2) is 73.5 Å². The van der Waals surface area contributed by atoms with E-state index in [1.54, 1.807) is 0 Å². The van der Waals surface area contributed by atoms with E-state index < -0.39 is 37.2 Å². The van der Waals surface area contributed by atoms with Crippen molar-refractivity contribution >= 4 is 24.1 Å². The van der Waals surface area contributed by atoms with Crippen LogP contribution in [0.5, 0.6) is 0 Å². The number of alkyl carbamates (subject to hydrolysis) is 2.